The summed E-state index contributed by atoms with van der Waals surface area (Å²) in [6, 6.07) is 2.00. The van der Waals surface area contributed by atoms with Crippen molar-refractivity contribution in [2.24, 2.45) is 5.73 Å². The summed E-state index contributed by atoms with van der Waals surface area (Å²) in [6.07, 6.45) is 8.58. The molecule has 2 rings (SSSR count). The Labute approximate surface area is 88.2 Å². The molecule has 1 atom stereocenters. The van der Waals surface area contributed by atoms with Gasteiger partial charge in [0.15, 0.2) is 0 Å². The summed E-state index contributed by atoms with van der Waals surface area (Å²) >= 11 is 0. The fourth-order valence-corrected chi connectivity index (χ4v) is 1.31. The standard InChI is InChI=1S/C11H12N4/c1-8(12)9-2-10(4-13-3-9)11-5-14-7-15-6-11/h2-8H,12H2,1H3. The van der Waals surface area contributed by atoms with Gasteiger partial charge in [-0.05, 0) is 18.6 Å². The molecule has 0 spiro atoms. The highest BCUT2D eigenvalue weighted by Crippen LogP contribution is 2.19. The summed E-state index contributed by atoms with van der Waals surface area (Å²) in [5, 5.41) is 0. The van der Waals surface area contributed by atoms with Gasteiger partial charge in [-0.1, -0.05) is 0 Å². The summed E-state index contributed by atoms with van der Waals surface area (Å²) < 4.78 is 0. The van der Waals surface area contributed by atoms with E-state index in [2.05, 4.69) is 15.0 Å². The Balaban J connectivity index is 2.42. The Morgan fingerprint density at radius 1 is 1.00 bits per heavy atom. The topological polar surface area (TPSA) is 64.7 Å². The van der Waals surface area contributed by atoms with E-state index in [0.717, 1.165) is 16.7 Å². The molecule has 2 aromatic rings. The van der Waals surface area contributed by atoms with Crippen LogP contribution in [0.3, 0.4) is 0 Å². The van der Waals surface area contributed by atoms with Crippen molar-refractivity contribution in [3.63, 3.8) is 0 Å². The maximum absolute atomic E-state index is 5.79. The highest BCUT2D eigenvalue weighted by molar-refractivity contribution is 5.60. The van der Waals surface area contributed by atoms with E-state index in [0.29, 0.717) is 0 Å². The van der Waals surface area contributed by atoms with E-state index in [1.807, 2.05) is 13.0 Å². The van der Waals surface area contributed by atoms with E-state index < -0.39 is 0 Å². The van der Waals surface area contributed by atoms with Crippen LogP contribution in [0.1, 0.15) is 18.5 Å². The molecule has 0 saturated carbocycles. The van der Waals surface area contributed by atoms with Crippen LogP contribution in [0.25, 0.3) is 11.1 Å². The molecule has 76 valence electrons. The van der Waals surface area contributed by atoms with Crippen LogP contribution in [-0.2, 0) is 0 Å². The smallest absolute Gasteiger partial charge is 0.115 e. The second-order valence-corrected chi connectivity index (χ2v) is 3.42. The van der Waals surface area contributed by atoms with Crippen LogP contribution in [0.4, 0.5) is 0 Å². The Bertz CT molecular complexity index is 439. The minimum Gasteiger partial charge on any atom is -0.324 e. The van der Waals surface area contributed by atoms with Crippen LogP contribution in [-0.4, -0.2) is 15.0 Å². The Morgan fingerprint density at radius 3 is 2.33 bits per heavy atom. The first kappa shape index (κ1) is 9.73. The van der Waals surface area contributed by atoms with Crippen molar-refractivity contribution in [2.75, 3.05) is 0 Å². The molecule has 2 N–H and O–H groups in total. The molecule has 0 saturated heterocycles. The fraction of sp³-hybridized carbons (Fsp3) is 0.182. The molecule has 0 aliphatic carbocycles. The summed E-state index contributed by atoms with van der Waals surface area (Å²) in [5.74, 6) is 0. The average molecular weight is 200 g/mol. The van der Waals surface area contributed by atoms with E-state index in [9.17, 15) is 0 Å². The van der Waals surface area contributed by atoms with Crippen LogP contribution in [0.5, 0.6) is 0 Å². The second kappa shape index (κ2) is 4.14. The largest absolute Gasteiger partial charge is 0.324 e. The average Bonchev–Trinajstić information content (AvgIpc) is 2.30. The molecular weight excluding hydrogens is 188 g/mol. The van der Waals surface area contributed by atoms with Gasteiger partial charge >= 0.3 is 0 Å². The maximum atomic E-state index is 5.79. The van der Waals surface area contributed by atoms with Crippen LogP contribution in [0.2, 0.25) is 0 Å². The van der Waals surface area contributed by atoms with E-state index >= 15 is 0 Å². The van der Waals surface area contributed by atoms with Crippen molar-refractivity contribution in [1.29, 1.82) is 0 Å². The lowest BCUT2D eigenvalue weighted by atomic mass is 10.1. The van der Waals surface area contributed by atoms with Gasteiger partial charge in [0.05, 0.1) is 0 Å². The first-order valence-electron chi connectivity index (χ1n) is 4.73. The van der Waals surface area contributed by atoms with Gasteiger partial charge in [0.2, 0.25) is 0 Å². The minimum absolute atomic E-state index is 0.0120. The van der Waals surface area contributed by atoms with Crippen LogP contribution in [0.15, 0.2) is 37.2 Å². The van der Waals surface area contributed by atoms with Crippen molar-refractivity contribution >= 4 is 0 Å². The van der Waals surface area contributed by atoms with Gasteiger partial charge in [-0.3, -0.25) is 4.98 Å². The predicted octanol–water partition coefficient (Wildman–Crippen LogP) is 1.56. The summed E-state index contributed by atoms with van der Waals surface area (Å²) in [5.41, 5.74) is 8.74. The highest BCUT2D eigenvalue weighted by atomic mass is 14.8. The zero-order valence-electron chi connectivity index (χ0n) is 8.46. The minimum atomic E-state index is -0.0120. The number of nitrogens with zero attached hydrogens (tertiary/aromatic N) is 3. The number of hydrogen-bond donors (Lipinski definition) is 1. The first-order valence-corrected chi connectivity index (χ1v) is 4.73. The van der Waals surface area contributed by atoms with Crippen molar-refractivity contribution in [1.82, 2.24) is 15.0 Å². The van der Waals surface area contributed by atoms with Crippen LogP contribution >= 0.6 is 0 Å². The van der Waals surface area contributed by atoms with Gasteiger partial charge in [0.1, 0.15) is 6.33 Å². The van der Waals surface area contributed by atoms with Crippen molar-refractivity contribution in [3.8, 4) is 11.1 Å². The zero-order chi connectivity index (χ0) is 10.7. The third-order valence-corrected chi connectivity index (χ3v) is 2.18. The van der Waals surface area contributed by atoms with Gasteiger partial charge in [-0.25, -0.2) is 9.97 Å². The Kier molecular flexibility index (Phi) is 2.69. The van der Waals surface area contributed by atoms with Gasteiger partial charge in [0, 0.05) is 42.0 Å². The molecule has 2 aromatic heterocycles. The molecule has 0 aliphatic heterocycles. The molecule has 4 heteroatoms. The van der Waals surface area contributed by atoms with Crippen molar-refractivity contribution in [2.45, 2.75) is 13.0 Å². The quantitative estimate of drug-likeness (QED) is 0.799. The fourth-order valence-electron chi connectivity index (χ4n) is 1.31. The molecule has 15 heavy (non-hydrogen) atoms. The Morgan fingerprint density at radius 2 is 1.67 bits per heavy atom. The SMILES string of the molecule is CC(N)c1cncc(-c2cncnc2)c1. The second-order valence-electron chi connectivity index (χ2n) is 3.42. The lowest BCUT2D eigenvalue weighted by molar-refractivity contribution is 0.812. The Hall–Kier alpha value is -1.81. The summed E-state index contributed by atoms with van der Waals surface area (Å²) in [7, 11) is 0. The molecule has 0 fully saturated rings. The zero-order valence-corrected chi connectivity index (χ0v) is 8.46. The molecule has 0 bridgehead atoms. The van der Waals surface area contributed by atoms with E-state index in [4.69, 9.17) is 5.73 Å². The van der Waals surface area contributed by atoms with Gasteiger partial charge < -0.3 is 5.73 Å². The number of rotatable bonds is 2. The number of aromatic nitrogens is 3. The predicted molar refractivity (Wildman–Crippen MR) is 57.9 cm³/mol. The van der Waals surface area contributed by atoms with Gasteiger partial charge in [-0.2, -0.15) is 0 Å². The molecular formula is C11H12N4. The number of hydrogen-bond acceptors (Lipinski definition) is 4. The molecule has 0 aliphatic rings. The lowest BCUT2D eigenvalue weighted by Gasteiger charge is -2.06. The first-order chi connectivity index (χ1) is 7.27. The van der Waals surface area contributed by atoms with Crippen molar-refractivity contribution in [3.05, 3.63) is 42.7 Å². The summed E-state index contributed by atoms with van der Waals surface area (Å²) in [4.78, 5) is 12.1. The molecule has 0 aromatic carbocycles. The normalized spacial score (nSPS) is 12.4. The van der Waals surface area contributed by atoms with Crippen LogP contribution < -0.4 is 5.73 Å². The maximum Gasteiger partial charge on any atom is 0.115 e. The van der Waals surface area contributed by atoms with E-state index in [1.54, 1.807) is 24.8 Å². The number of nitrogens with two attached hydrogens (primary N) is 1. The van der Waals surface area contributed by atoms with Gasteiger partial charge in [0.25, 0.3) is 0 Å². The third-order valence-electron chi connectivity index (χ3n) is 2.18. The van der Waals surface area contributed by atoms with E-state index in [-0.39, 0.29) is 6.04 Å². The molecule has 4 nitrogen and oxygen atoms in total. The molecule has 0 amide bonds. The molecule has 0 radical (unpaired) electrons. The third kappa shape index (κ3) is 2.16. The molecule has 2 heterocycles. The molecule has 1 unspecified atom stereocenters. The summed E-state index contributed by atoms with van der Waals surface area (Å²) in [6.45, 7) is 1.93. The number of pyridine rings is 1. The highest BCUT2D eigenvalue weighted by Gasteiger charge is 2.03. The van der Waals surface area contributed by atoms with Gasteiger partial charge in [-0.15, -0.1) is 0 Å². The van der Waals surface area contributed by atoms with Crippen molar-refractivity contribution < 1.29 is 0 Å². The van der Waals surface area contributed by atoms with E-state index in [1.165, 1.54) is 6.33 Å². The lowest BCUT2D eigenvalue weighted by Crippen LogP contribution is -2.05. The van der Waals surface area contributed by atoms with Crippen LogP contribution in [0, 0.1) is 0 Å². The monoisotopic (exact) mass is 200 g/mol.